The maximum atomic E-state index is 12.4. The van der Waals surface area contributed by atoms with E-state index in [-0.39, 0.29) is 17.2 Å². The summed E-state index contributed by atoms with van der Waals surface area (Å²) in [7, 11) is -6.49. The van der Waals surface area contributed by atoms with Gasteiger partial charge in [-0.1, -0.05) is 12.1 Å². The van der Waals surface area contributed by atoms with E-state index in [0.717, 1.165) is 11.8 Å². The molecule has 24 heavy (non-hydrogen) atoms. The highest BCUT2D eigenvalue weighted by Gasteiger charge is 2.23. The maximum absolute atomic E-state index is 12.4. The van der Waals surface area contributed by atoms with Gasteiger partial charge < -0.3 is 4.90 Å². The van der Waals surface area contributed by atoms with Crippen molar-refractivity contribution in [3.63, 3.8) is 0 Å². The van der Waals surface area contributed by atoms with Crippen molar-refractivity contribution < 1.29 is 21.6 Å². The summed E-state index contributed by atoms with van der Waals surface area (Å²) in [5, 5.41) is 0. The van der Waals surface area contributed by atoms with Crippen molar-refractivity contribution in [2.75, 3.05) is 38.7 Å². The number of amides is 1. The van der Waals surface area contributed by atoms with Gasteiger partial charge in [-0.15, -0.1) is 0 Å². The van der Waals surface area contributed by atoms with Gasteiger partial charge in [0.2, 0.25) is 15.9 Å². The van der Waals surface area contributed by atoms with Crippen LogP contribution in [0.2, 0.25) is 0 Å². The highest BCUT2D eigenvalue weighted by molar-refractivity contribution is 7.90. The molecule has 0 unspecified atom stereocenters. The summed E-state index contributed by atoms with van der Waals surface area (Å²) < 4.78 is 47.4. The van der Waals surface area contributed by atoms with Crippen LogP contribution in [0.4, 0.5) is 0 Å². The zero-order valence-electron chi connectivity index (χ0n) is 13.8. The van der Waals surface area contributed by atoms with E-state index in [2.05, 4.69) is 0 Å². The van der Waals surface area contributed by atoms with Crippen molar-refractivity contribution in [1.29, 1.82) is 0 Å². The predicted molar refractivity (Wildman–Crippen MR) is 90.9 cm³/mol. The molecule has 1 saturated heterocycles. The molecule has 9 heteroatoms. The van der Waals surface area contributed by atoms with Gasteiger partial charge in [0.25, 0.3) is 0 Å². The number of rotatable bonds is 4. The number of carbonyl (C=O) groups is 1. The van der Waals surface area contributed by atoms with Crippen LogP contribution in [0.3, 0.4) is 0 Å². The molecular formula is C15H22N2O5S2. The third kappa shape index (κ3) is 5.02. The number of hydrogen-bond acceptors (Lipinski definition) is 5. The van der Waals surface area contributed by atoms with Crippen molar-refractivity contribution in [3.8, 4) is 0 Å². The molecule has 0 saturated carbocycles. The van der Waals surface area contributed by atoms with Crippen LogP contribution in [-0.2, 0) is 31.1 Å². The number of sulfone groups is 1. The molecule has 134 valence electrons. The molecule has 0 aromatic heterocycles. The topological polar surface area (TPSA) is 91.8 Å². The van der Waals surface area contributed by atoms with E-state index < -0.39 is 19.9 Å². The lowest BCUT2D eigenvalue weighted by Gasteiger charge is -2.21. The van der Waals surface area contributed by atoms with Crippen LogP contribution in [0, 0.1) is 0 Å². The fraction of sp³-hybridized carbons (Fsp3) is 0.533. The fourth-order valence-electron chi connectivity index (χ4n) is 2.62. The normalized spacial score (nSPS) is 17.5. The van der Waals surface area contributed by atoms with Crippen LogP contribution < -0.4 is 0 Å². The van der Waals surface area contributed by atoms with Crippen molar-refractivity contribution in [2.24, 2.45) is 0 Å². The van der Waals surface area contributed by atoms with Crippen LogP contribution >= 0.6 is 0 Å². The molecule has 2 rings (SSSR count). The predicted octanol–water partition coefficient (Wildman–Crippen LogP) is 0.127. The first-order valence-corrected chi connectivity index (χ1v) is 11.3. The lowest BCUT2D eigenvalue weighted by Crippen LogP contribution is -2.37. The van der Waals surface area contributed by atoms with Crippen molar-refractivity contribution >= 4 is 25.8 Å². The molecule has 0 N–H and O–H groups in total. The quantitative estimate of drug-likeness (QED) is 0.747. The standard InChI is InChI=1S/C15H22N2O5S2/c1-23(19,20)14-6-4-13(5-7-14)12-15(18)16-8-3-9-17(11-10-16)24(2,21)22/h4-7H,3,8-12H2,1-2H3. The molecule has 0 atom stereocenters. The minimum Gasteiger partial charge on any atom is -0.341 e. The van der Waals surface area contributed by atoms with Gasteiger partial charge in [-0.05, 0) is 24.1 Å². The lowest BCUT2D eigenvalue weighted by molar-refractivity contribution is -0.130. The molecule has 1 aromatic rings. The summed E-state index contributed by atoms with van der Waals surface area (Å²) in [4.78, 5) is 14.3. The first-order chi connectivity index (χ1) is 11.1. The van der Waals surface area contributed by atoms with Crippen LogP contribution in [0.15, 0.2) is 29.2 Å². The molecule has 0 radical (unpaired) electrons. The largest absolute Gasteiger partial charge is 0.341 e. The Kier molecular flexibility index (Phi) is 5.67. The summed E-state index contributed by atoms with van der Waals surface area (Å²) in [6.07, 6.45) is 3.08. The molecule has 1 amide bonds. The van der Waals surface area contributed by atoms with E-state index in [1.807, 2.05) is 0 Å². The number of benzene rings is 1. The molecule has 1 aliphatic heterocycles. The van der Waals surface area contributed by atoms with Crippen LogP contribution in [-0.4, -0.2) is 70.6 Å². The Hall–Kier alpha value is -1.45. The van der Waals surface area contributed by atoms with Gasteiger partial charge in [-0.3, -0.25) is 4.79 Å². The monoisotopic (exact) mass is 374 g/mol. The number of sulfonamides is 1. The van der Waals surface area contributed by atoms with E-state index in [0.29, 0.717) is 32.6 Å². The molecule has 1 aliphatic rings. The average Bonchev–Trinajstić information content (AvgIpc) is 2.72. The minimum atomic E-state index is -3.25. The lowest BCUT2D eigenvalue weighted by atomic mass is 10.1. The minimum absolute atomic E-state index is 0.0857. The Morgan fingerprint density at radius 2 is 1.58 bits per heavy atom. The Labute approximate surface area is 143 Å². The molecule has 1 fully saturated rings. The van der Waals surface area contributed by atoms with Gasteiger partial charge in [0.05, 0.1) is 17.6 Å². The van der Waals surface area contributed by atoms with Crippen molar-refractivity contribution in [3.05, 3.63) is 29.8 Å². The summed E-state index contributed by atoms with van der Waals surface area (Å²) >= 11 is 0. The highest BCUT2D eigenvalue weighted by Crippen LogP contribution is 2.13. The van der Waals surface area contributed by atoms with Crippen LogP contribution in [0.25, 0.3) is 0 Å². The van der Waals surface area contributed by atoms with E-state index in [1.165, 1.54) is 22.7 Å². The van der Waals surface area contributed by atoms with E-state index in [1.54, 1.807) is 17.0 Å². The third-order valence-electron chi connectivity index (χ3n) is 3.98. The van der Waals surface area contributed by atoms with Crippen molar-refractivity contribution in [1.82, 2.24) is 9.21 Å². The second-order valence-electron chi connectivity index (χ2n) is 5.99. The molecular weight excluding hydrogens is 352 g/mol. The third-order valence-corrected chi connectivity index (χ3v) is 6.42. The van der Waals surface area contributed by atoms with Gasteiger partial charge >= 0.3 is 0 Å². The van der Waals surface area contributed by atoms with Gasteiger partial charge in [-0.2, -0.15) is 0 Å². The molecule has 0 spiro atoms. The second-order valence-corrected chi connectivity index (χ2v) is 9.99. The molecule has 0 bridgehead atoms. The number of nitrogens with zero attached hydrogens (tertiary/aromatic N) is 2. The molecule has 1 aromatic carbocycles. The second kappa shape index (κ2) is 7.20. The number of hydrogen-bond donors (Lipinski definition) is 0. The fourth-order valence-corrected chi connectivity index (χ4v) is 4.12. The Balaban J connectivity index is 2.00. The summed E-state index contributed by atoms with van der Waals surface area (Å²) in [6, 6.07) is 6.25. The summed E-state index contributed by atoms with van der Waals surface area (Å²) in [6.45, 7) is 1.61. The average molecular weight is 374 g/mol. The Morgan fingerprint density at radius 3 is 2.12 bits per heavy atom. The summed E-state index contributed by atoms with van der Waals surface area (Å²) in [5.74, 6) is -0.0857. The van der Waals surface area contributed by atoms with Crippen molar-refractivity contribution in [2.45, 2.75) is 17.7 Å². The zero-order chi connectivity index (χ0) is 18.0. The number of carbonyl (C=O) groups excluding carboxylic acids is 1. The van der Waals surface area contributed by atoms with Gasteiger partial charge in [0.15, 0.2) is 9.84 Å². The van der Waals surface area contributed by atoms with E-state index in [9.17, 15) is 21.6 Å². The van der Waals surface area contributed by atoms with Gasteiger partial charge in [-0.25, -0.2) is 21.1 Å². The van der Waals surface area contributed by atoms with Crippen LogP contribution in [0.5, 0.6) is 0 Å². The Morgan fingerprint density at radius 1 is 0.958 bits per heavy atom. The highest BCUT2D eigenvalue weighted by atomic mass is 32.2. The zero-order valence-corrected chi connectivity index (χ0v) is 15.4. The SMILES string of the molecule is CS(=O)(=O)c1ccc(CC(=O)N2CCCN(S(C)(=O)=O)CC2)cc1. The van der Waals surface area contributed by atoms with Crippen LogP contribution in [0.1, 0.15) is 12.0 Å². The first-order valence-electron chi connectivity index (χ1n) is 7.59. The summed E-state index contributed by atoms with van der Waals surface area (Å²) in [5.41, 5.74) is 0.733. The molecule has 7 nitrogen and oxygen atoms in total. The molecule has 0 aliphatic carbocycles. The first kappa shape index (κ1) is 18.9. The Bertz CT molecular complexity index is 801. The van der Waals surface area contributed by atoms with E-state index >= 15 is 0 Å². The maximum Gasteiger partial charge on any atom is 0.227 e. The smallest absolute Gasteiger partial charge is 0.227 e. The van der Waals surface area contributed by atoms with E-state index in [4.69, 9.17) is 0 Å². The molecule has 1 heterocycles. The van der Waals surface area contributed by atoms with Gasteiger partial charge in [0, 0.05) is 32.4 Å². The van der Waals surface area contributed by atoms with Gasteiger partial charge in [0.1, 0.15) is 0 Å².